The molecule has 138 valence electrons. The number of piperidine rings is 1. The fraction of sp³-hybridized carbons (Fsp3) is 0.409. The summed E-state index contributed by atoms with van der Waals surface area (Å²) >= 11 is 0. The summed E-state index contributed by atoms with van der Waals surface area (Å²) in [4.78, 5) is 14.4. The zero-order valence-electron chi connectivity index (χ0n) is 15.4. The van der Waals surface area contributed by atoms with Crippen LogP contribution in [0.1, 0.15) is 30.4 Å². The third-order valence-electron chi connectivity index (χ3n) is 5.17. The quantitative estimate of drug-likeness (QED) is 0.855. The number of para-hydroxylation sites is 2. The Hall–Kier alpha value is -2.49. The molecule has 26 heavy (non-hydrogen) atoms. The number of phenols is 1. The van der Waals surface area contributed by atoms with Gasteiger partial charge >= 0.3 is 0 Å². The SMILES string of the molecule is Cc1ccccc1CC[C@@H]1CCCN(C(=O)COc2ccccc2O)C1. The van der Waals surface area contributed by atoms with Gasteiger partial charge in [0.05, 0.1) is 0 Å². The molecule has 0 spiro atoms. The van der Waals surface area contributed by atoms with E-state index in [1.54, 1.807) is 24.3 Å². The van der Waals surface area contributed by atoms with Crippen molar-refractivity contribution in [2.75, 3.05) is 19.7 Å². The lowest BCUT2D eigenvalue weighted by Gasteiger charge is -2.33. The van der Waals surface area contributed by atoms with E-state index in [0.717, 1.165) is 32.4 Å². The lowest BCUT2D eigenvalue weighted by Crippen LogP contribution is -2.42. The highest BCUT2D eigenvalue weighted by Crippen LogP contribution is 2.25. The van der Waals surface area contributed by atoms with Gasteiger partial charge in [-0.15, -0.1) is 0 Å². The topological polar surface area (TPSA) is 49.8 Å². The first kappa shape index (κ1) is 18.3. The lowest BCUT2D eigenvalue weighted by atomic mass is 9.90. The predicted molar refractivity (Wildman–Crippen MR) is 102 cm³/mol. The monoisotopic (exact) mass is 353 g/mol. The molecule has 3 rings (SSSR count). The van der Waals surface area contributed by atoms with E-state index in [1.165, 1.54) is 17.5 Å². The highest BCUT2D eigenvalue weighted by molar-refractivity contribution is 5.78. The Morgan fingerprint density at radius 2 is 1.96 bits per heavy atom. The maximum Gasteiger partial charge on any atom is 0.260 e. The molecule has 4 heteroatoms. The average molecular weight is 353 g/mol. The van der Waals surface area contributed by atoms with Gasteiger partial charge < -0.3 is 14.7 Å². The average Bonchev–Trinajstić information content (AvgIpc) is 2.67. The molecule has 0 aliphatic carbocycles. The van der Waals surface area contributed by atoms with Crippen molar-refractivity contribution in [3.8, 4) is 11.5 Å². The summed E-state index contributed by atoms with van der Waals surface area (Å²) in [6, 6.07) is 15.3. The number of carbonyl (C=O) groups is 1. The van der Waals surface area contributed by atoms with Gasteiger partial charge in [0.25, 0.3) is 5.91 Å². The van der Waals surface area contributed by atoms with E-state index in [0.29, 0.717) is 11.7 Å². The van der Waals surface area contributed by atoms with Crippen LogP contribution in [0.25, 0.3) is 0 Å². The second kappa shape index (κ2) is 8.75. The van der Waals surface area contributed by atoms with Gasteiger partial charge in [-0.3, -0.25) is 4.79 Å². The van der Waals surface area contributed by atoms with Gasteiger partial charge in [-0.05, 0) is 61.8 Å². The summed E-state index contributed by atoms with van der Waals surface area (Å²) < 4.78 is 5.49. The Morgan fingerprint density at radius 1 is 1.19 bits per heavy atom. The highest BCUT2D eigenvalue weighted by atomic mass is 16.5. The van der Waals surface area contributed by atoms with E-state index in [-0.39, 0.29) is 18.3 Å². The number of hydrogen-bond acceptors (Lipinski definition) is 3. The number of aryl methyl sites for hydroxylation is 2. The molecule has 4 nitrogen and oxygen atoms in total. The molecule has 1 N–H and O–H groups in total. The van der Waals surface area contributed by atoms with Gasteiger partial charge in [0, 0.05) is 13.1 Å². The van der Waals surface area contributed by atoms with E-state index >= 15 is 0 Å². The fourth-order valence-corrected chi connectivity index (χ4v) is 3.59. The number of aromatic hydroxyl groups is 1. The minimum absolute atomic E-state index is 0.00570. The minimum Gasteiger partial charge on any atom is -0.504 e. The van der Waals surface area contributed by atoms with Crippen LogP contribution >= 0.6 is 0 Å². The Morgan fingerprint density at radius 3 is 2.77 bits per heavy atom. The van der Waals surface area contributed by atoms with Crippen molar-refractivity contribution in [2.45, 2.75) is 32.6 Å². The molecule has 1 heterocycles. The first-order valence-electron chi connectivity index (χ1n) is 9.36. The van der Waals surface area contributed by atoms with Gasteiger partial charge in [0.1, 0.15) is 0 Å². The van der Waals surface area contributed by atoms with Crippen LogP contribution in [0.4, 0.5) is 0 Å². The van der Waals surface area contributed by atoms with E-state index in [2.05, 4.69) is 31.2 Å². The van der Waals surface area contributed by atoms with Crippen molar-refractivity contribution in [1.82, 2.24) is 4.90 Å². The summed E-state index contributed by atoms with van der Waals surface area (Å²) in [7, 11) is 0. The fourth-order valence-electron chi connectivity index (χ4n) is 3.59. The smallest absolute Gasteiger partial charge is 0.260 e. The van der Waals surface area contributed by atoms with Gasteiger partial charge in [-0.1, -0.05) is 36.4 Å². The van der Waals surface area contributed by atoms with Gasteiger partial charge in [0.2, 0.25) is 0 Å². The van der Waals surface area contributed by atoms with Gasteiger partial charge in [-0.2, -0.15) is 0 Å². The molecule has 1 fully saturated rings. The number of carbonyl (C=O) groups excluding carboxylic acids is 1. The van der Waals surface area contributed by atoms with Crippen LogP contribution in [0.3, 0.4) is 0 Å². The van der Waals surface area contributed by atoms with E-state index in [9.17, 15) is 9.90 Å². The maximum absolute atomic E-state index is 12.5. The second-order valence-corrected chi connectivity index (χ2v) is 7.07. The molecule has 2 aromatic rings. The Bertz CT molecular complexity index is 744. The van der Waals surface area contributed by atoms with Crippen molar-refractivity contribution in [3.05, 3.63) is 59.7 Å². The Balaban J connectivity index is 1.49. The van der Waals surface area contributed by atoms with Gasteiger partial charge in [0.15, 0.2) is 18.1 Å². The van der Waals surface area contributed by atoms with Crippen LogP contribution in [-0.2, 0) is 11.2 Å². The van der Waals surface area contributed by atoms with E-state index in [4.69, 9.17) is 4.74 Å². The third-order valence-corrected chi connectivity index (χ3v) is 5.17. The molecule has 2 aromatic carbocycles. The molecule has 0 saturated carbocycles. The van der Waals surface area contributed by atoms with Crippen LogP contribution in [0.5, 0.6) is 11.5 Å². The molecule has 0 aromatic heterocycles. The number of hydrogen-bond donors (Lipinski definition) is 1. The van der Waals surface area contributed by atoms with Crippen molar-refractivity contribution >= 4 is 5.91 Å². The number of benzene rings is 2. The molecule has 1 aliphatic heterocycles. The van der Waals surface area contributed by atoms with Crippen molar-refractivity contribution < 1.29 is 14.6 Å². The van der Waals surface area contributed by atoms with Crippen LogP contribution in [0.15, 0.2) is 48.5 Å². The van der Waals surface area contributed by atoms with Crippen molar-refractivity contribution in [1.29, 1.82) is 0 Å². The maximum atomic E-state index is 12.5. The molecular weight excluding hydrogens is 326 g/mol. The molecule has 0 unspecified atom stereocenters. The minimum atomic E-state index is -0.0257. The van der Waals surface area contributed by atoms with Crippen LogP contribution in [0, 0.1) is 12.8 Å². The number of rotatable bonds is 6. The largest absolute Gasteiger partial charge is 0.504 e. The molecular formula is C22H27NO3. The number of nitrogens with zero attached hydrogens (tertiary/aromatic N) is 1. The van der Waals surface area contributed by atoms with Gasteiger partial charge in [-0.25, -0.2) is 0 Å². The summed E-state index contributed by atoms with van der Waals surface area (Å²) in [6.45, 7) is 3.73. The van der Waals surface area contributed by atoms with Crippen molar-refractivity contribution in [3.63, 3.8) is 0 Å². The third kappa shape index (κ3) is 4.78. The zero-order chi connectivity index (χ0) is 18.4. The van der Waals surface area contributed by atoms with Crippen LogP contribution < -0.4 is 4.74 Å². The Kier molecular flexibility index (Phi) is 6.16. The molecule has 1 aliphatic rings. The molecule has 1 atom stereocenters. The lowest BCUT2D eigenvalue weighted by molar-refractivity contribution is -0.135. The standard InChI is InChI=1S/C22H27NO3/c1-17-7-2-3-9-19(17)13-12-18-8-6-14-23(15-18)22(25)16-26-21-11-5-4-10-20(21)24/h2-5,7,9-11,18,24H,6,8,12-16H2,1H3/t18-/m0/s1. The normalized spacial score (nSPS) is 17.1. The van der Waals surface area contributed by atoms with E-state index < -0.39 is 0 Å². The Labute approximate surface area is 155 Å². The van der Waals surface area contributed by atoms with Crippen LogP contribution in [0.2, 0.25) is 0 Å². The first-order chi connectivity index (χ1) is 12.6. The summed E-state index contributed by atoms with van der Waals surface area (Å²) in [6.07, 6.45) is 4.39. The number of amides is 1. The second-order valence-electron chi connectivity index (χ2n) is 7.07. The number of ether oxygens (including phenoxy) is 1. The van der Waals surface area contributed by atoms with Crippen molar-refractivity contribution in [2.24, 2.45) is 5.92 Å². The highest BCUT2D eigenvalue weighted by Gasteiger charge is 2.24. The molecule has 1 amide bonds. The molecule has 1 saturated heterocycles. The van der Waals surface area contributed by atoms with Crippen LogP contribution in [-0.4, -0.2) is 35.6 Å². The first-order valence-corrected chi connectivity index (χ1v) is 9.36. The predicted octanol–water partition coefficient (Wildman–Crippen LogP) is 3.95. The summed E-state index contributed by atoms with van der Waals surface area (Å²) in [5, 5.41) is 9.73. The van der Waals surface area contributed by atoms with E-state index in [1.807, 2.05) is 4.90 Å². The molecule has 0 radical (unpaired) electrons. The number of phenolic OH excluding ortho intramolecular Hbond substituents is 1. The summed E-state index contributed by atoms with van der Waals surface area (Å²) in [5.41, 5.74) is 2.74. The molecule has 0 bridgehead atoms. The number of likely N-dealkylation sites (tertiary alicyclic amines) is 1. The zero-order valence-corrected chi connectivity index (χ0v) is 15.4. The summed E-state index contributed by atoms with van der Waals surface area (Å²) in [5.74, 6) is 0.954.